The lowest BCUT2D eigenvalue weighted by Crippen LogP contribution is -2.14. The Kier molecular flexibility index (Phi) is 2.33. The van der Waals surface area contributed by atoms with Crippen molar-refractivity contribution in [3.8, 4) is 5.88 Å². The van der Waals surface area contributed by atoms with Crippen molar-refractivity contribution in [2.24, 2.45) is 0 Å². The molecule has 0 atom stereocenters. The molecule has 0 fully saturated rings. The molecule has 0 saturated carbocycles. The number of rotatable bonds is 0. The van der Waals surface area contributed by atoms with E-state index in [1.807, 2.05) is 19.9 Å². The molecule has 1 aromatic rings. The molecule has 0 aliphatic rings. The minimum atomic E-state index is -0.0468. The van der Waals surface area contributed by atoms with Crippen LogP contribution in [0, 0.1) is 13.8 Å². The molecule has 0 aliphatic carbocycles. The van der Waals surface area contributed by atoms with E-state index in [0.29, 0.717) is 0 Å². The van der Waals surface area contributed by atoms with E-state index in [2.05, 4.69) is 25.8 Å². The highest BCUT2D eigenvalue weighted by atomic mass is 16.3. The van der Waals surface area contributed by atoms with E-state index in [0.717, 1.165) is 16.8 Å². The molecule has 0 amide bonds. The van der Waals surface area contributed by atoms with Crippen molar-refractivity contribution in [1.82, 2.24) is 4.98 Å². The van der Waals surface area contributed by atoms with Crippen LogP contribution in [0.15, 0.2) is 6.07 Å². The van der Waals surface area contributed by atoms with Gasteiger partial charge < -0.3 is 5.11 Å². The summed E-state index contributed by atoms with van der Waals surface area (Å²) in [5.41, 5.74) is 2.87. The molecular weight excluding hydrogens is 162 g/mol. The molecule has 1 rings (SSSR count). The quantitative estimate of drug-likeness (QED) is 0.664. The van der Waals surface area contributed by atoms with Gasteiger partial charge in [-0.2, -0.15) is 0 Å². The van der Waals surface area contributed by atoms with Crippen LogP contribution in [0.3, 0.4) is 0 Å². The monoisotopic (exact) mass is 179 g/mol. The second kappa shape index (κ2) is 3.02. The van der Waals surface area contributed by atoms with Gasteiger partial charge in [0.25, 0.3) is 0 Å². The molecule has 0 radical (unpaired) electrons. The molecule has 0 saturated heterocycles. The van der Waals surface area contributed by atoms with E-state index in [-0.39, 0.29) is 11.3 Å². The van der Waals surface area contributed by atoms with Gasteiger partial charge in [0.05, 0.1) is 0 Å². The predicted octanol–water partition coefficient (Wildman–Crippen LogP) is 2.70. The normalized spacial score (nSPS) is 11.8. The highest BCUT2D eigenvalue weighted by Gasteiger charge is 2.21. The average Bonchev–Trinajstić information content (AvgIpc) is 1.78. The van der Waals surface area contributed by atoms with Crippen molar-refractivity contribution in [3.05, 3.63) is 22.9 Å². The number of aryl methyl sites for hydroxylation is 2. The number of aromatic nitrogens is 1. The minimum absolute atomic E-state index is 0.0468. The third-order valence-electron chi connectivity index (χ3n) is 2.08. The second-order valence-electron chi connectivity index (χ2n) is 4.53. The van der Waals surface area contributed by atoms with Gasteiger partial charge in [0, 0.05) is 11.3 Å². The molecule has 2 nitrogen and oxygen atoms in total. The van der Waals surface area contributed by atoms with Crippen LogP contribution in [0.4, 0.5) is 0 Å². The third-order valence-corrected chi connectivity index (χ3v) is 2.08. The summed E-state index contributed by atoms with van der Waals surface area (Å²) in [4.78, 5) is 4.06. The Balaban J connectivity index is 3.38. The van der Waals surface area contributed by atoms with E-state index in [1.165, 1.54) is 0 Å². The van der Waals surface area contributed by atoms with Gasteiger partial charge in [0.15, 0.2) is 0 Å². The minimum Gasteiger partial charge on any atom is -0.493 e. The van der Waals surface area contributed by atoms with Gasteiger partial charge in [-0.25, -0.2) is 4.98 Å². The van der Waals surface area contributed by atoms with Crippen LogP contribution in [0.1, 0.15) is 37.6 Å². The third kappa shape index (κ3) is 2.00. The SMILES string of the molecule is Cc1cc(C)c(C(C)(C)C)c(O)n1. The smallest absolute Gasteiger partial charge is 0.215 e. The van der Waals surface area contributed by atoms with E-state index in [4.69, 9.17) is 0 Å². The Morgan fingerprint density at radius 2 is 1.77 bits per heavy atom. The van der Waals surface area contributed by atoms with Gasteiger partial charge >= 0.3 is 0 Å². The van der Waals surface area contributed by atoms with E-state index >= 15 is 0 Å². The van der Waals surface area contributed by atoms with Gasteiger partial charge in [-0.1, -0.05) is 20.8 Å². The van der Waals surface area contributed by atoms with E-state index < -0.39 is 0 Å². The molecule has 0 spiro atoms. The maximum atomic E-state index is 9.70. The molecule has 0 aromatic carbocycles. The van der Waals surface area contributed by atoms with Crippen molar-refractivity contribution in [2.45, 2.75) is 40.0 Å². The van der Waals surface area contributed by atoms with Crippen molar-refractivity contribution >= 4 is 0 Å². The van der Waals surface area contributed by atoms with Crippen LogP contribution in [-0.2, 0) is 5.41 Å². The van der Waals surface area contributed by atoms with Gasteiger partial charge in [0.2, 0.25) is 5.88 Å². The van der Waals surface area contributed by atoms with Crippen LogP contribution in [0.5, 0.6) is 5.88 Å². The summed E-state index contributed by atoms with van der Waals surface area (Å²) in [5, 5.41) is 9.70. The number of hydrogen-bond donors (Lipinski definition) is 1. The maximum Gasteiger partial charge on any atom is 0.215 e. The average molecular weight is 179 g/mol. The predicted molar refractivity (Wildman–Crippen MR) is 54.1 cm³/mol. The fourth-order valence-electron chi connectivity index (χ4n) is 1.74. The standard InChI is InChI=1S/C11H17NO/c1-7-6-8(2)12-10(13)9(7)11(3,4)5/h6H,1-5H3,(H,12,13). The van der Waals surface area contributed by atoms with Crippen LogP contribution in [0.25, 0.3) is 0 Å². The molecule has 1 N–H and O–H groups in total. The molecule has 0 aliphatic heterocycles. The topological polar surface area (TPSA) is 33.1 Å². The Bertz CT molecular complexity index is 300. The Hall–Kier alpha value is -1.05. The van der Waals surface area contributed by atoms with Crippen LogP contribution in [0.2, 0.25) is 0 Å². The first-order chi connectivity index (χ1) is 5.82. The molecule has 1 heterocycles. The van der Waals surface area contributed by atoms with Crippen molar-refractivity contribution in [3.63, 3.8) is 0 Å². The van der Waals surface area contributed by atoms with Gasteiger partial charge in [-0.3, -0.25) is 0 Å². The first kappa shape index (κ1) is 10.0. The van der Waals surface area contributed by atoms with Crippen molar-refractivity contribution < 1.29 is 5.11 Å². The van der Waals surface area contributed by atoms with Crippen LogP contribution >= 0.6 is 0 Å². The molecule has 13 heavy (non-hydrogen) atoms. The highest BCUT2D eigenvalue weighted by Crippen LogP contribution is 2.32. The molecule has 0 bridgehead atoms. The largest absolute Gasteiger partial charge is 0.493 e. The fourth-order valence-corrected chi connectivity index (χ4v) is 1.74. The summed E-state index contributed by atoms with van der Waals surface area (Å²) in [6, 6.07) is 2.00. The number of hydrogen-bond acceptors (Lipinski definition) is 2. The fraction of sp³-hybridized carbons (Fsp3) is 0.545. The van der Waals surface area contributed by atoms with E-state index in [9.17, 15) is 5.11 Å². The summed E-state index contributed by atoms with van der Waals surface area (Å²) < 4.78 is 0. The van der Waals surface area contributed by atoms with Crippen molar-refractivity contribution in [1.29, 1.82) is 0 Å². The molecule has 0 unspecified atom stereocenters. The maximum absolute atomic E-state index is 9.70. The highest BCUT2D eigenvalue weighted by molar-refractivity contribution is 5.39. The lowest BCUT2D eigenvalue weighted by molar-refractivity contribution is 0.423. The van der Waals surface area contributed by atoms with Crippen LogP contribution < -0.4 is 0 Å². The van der Waals surface area contributed by atoms with E-state index in [1.54, 1.807) is 0 Å². The summed E-state index contributed by atoms with van der Waals surface area (Å²) in [6.07, 6.45) is 0. The van der Waals surface area contributed by atoms with Crippen molar-refractivity contribution in [2.75, 3.05) is 0 Å². The number of pyridine rings is 1. The summed E-state index contributed by atoms with van der Waals surface area (Å²) in [7, 11) is 0. The number of nitrogens with zero attached hydrogens (tertiary/aromatic N) is 1. The van der Waals surface area contributed by atoms with Crippen LogP contribution in [-0.4, -0.2) is 10.1 Å². The number of aromatic hydroxyl groups is 1. The lowest BCUT2D eigenvalue weighted by atomic mass is 9.84. The zero-order chi connectivity index (χ0) is 10.2. The molecule has 1 aromatic heterocycles. The Labute approximate surface area is 79.6 Å². The Morgan fingerprint density at radius 3 is 2.15 bits per heavy atom. The molecule has 2 heteroatoms. The van der Waals surface area contributed by atoms with Gasteiger partial charge in [0.1, 0.15) is 0 Å². The van der Waals surface area contributed by atoms with Gasteiger partial charge in [-0.05, 0) is 30.9 Å². The molecular formula is C11H17NO. The molecule has 72 valence electrons. The zero-order valence-corrected chi connectivity index (χ0v) is 8.97. The zero-order valence-electron chi connectivity index (χ0n) is 8.97. The summed E-state index contributed by atoms with van der Waals surface area (Å²) in [5.74, 6) is 0.171. The lowest BCUT2D eigenvalue weighted by Gasteiger charge is -2.22. The summed E-state index contributed by atoms with van der Waals surface area (Å²) in [6.45, 7) is 10.1. The first-order valence-electron chi connectivity index (χ1n) is 4.50. The second-order valence-corrected chi connectivity index (χ2v) is 4.53. The van der Waals surface area contributed by atoms with Gasteiger partial charge in [-0.15, -0.1) is 0 Å². The Morgan fingerprint density at radius 1 is 1.23 bits per heavy atom. The summed E-state index contributed by atoms with van der Waals surface area (Å²) >= 11 is 0. The first-order valence-corrected chi connectivity index (χ1v) is 4.50.